The molecule has 1 N–H and O–H groups in total. The van der Waals surface area contributed by atoms with E-state index in [1.165, 1.54) is 0 Å². The van der Waals surface area contributed by atoms with Gasteiger partial charge in [-0.25, -0.2) is 0 Å². The molecule has 0 atom stereocenters. The fourth-order valence-electron chi connectivity index (χ4n) is 1.39. The second kappa shape index (κ2) is 3.65. The summed E-state index contributed by atoms with van der Waals surface area (Å²) in [6.45, 7) is 0. The molecule has 0 spiro atoms. The number of ether oxygens (including phenoxy) is 1. The quantitative estimate of drug-likeness (QED) is 0.820. The number of fused-ring (bicyclic) bond motifs is 1. The number of aromatic hydroxyl groups is 1. The summed E-state index contributed by atoms with van der Waals surface area (Å²) in [6, 6.07) is 9.38. The summed E-state index contributed by atoms with van der Waals surface area (Å²) in [4.78, 5) is 0. The van der Waals surface area contributed by atoms with Crippen LogP contribution in [0.25, 0.3) is 10.8 Å². The number of benzene rings is 2. The van der Waals surface area contributed by atoms with Crippen LogP contribution in [-0.4, -0.2) is 12.2 Å². The van der Waals surface area contributed by atoms with Crippen LogP contribution in [0.1, 0.15) is 0 Å². The Morgan fingerprint density at radius 3 is 2.71 bits per heavy atom. The van der Waals surface area contributed by atoms with E-state index >= 15 is 0 Å². The maximum atomic E-state index is 9.51. The standard InChI is InChI=1S/C11H9IO2/c1-14-8-3-4-9-7(6-8)2-5-10(13)11(9)12/h2-6,13H,1H3. The highest BCUT2D eigenvalue weighted by atomic mass is 127. The van der Waals surface area contributed by atoms with E-state index in [1.807, 2.05) is 24.3 Å². The molecule has 0 saturated heterocycles. The zero-order valence-electron chi connectivity index (χ0n) is 7.62. The molecule has 0 saturated carbocycles. The van der Waals surface area contributed by atoms with Crippen LogP contribution in [0.3, 0.4) is 0 Å². The van der Waals surface area contributed by atoms with Crippen molar-refractivity contribution in [3.8, 4) is 11.5 Å². The Hall–Kier alpha value is -0.970. The maximum absolute atomic E-state index is 9.51. The number of hydrogen-bond acceptors (Lipinski definition) is 2. The van der Waals surface area contributed by atoms with Crippen LogP contribution in [0.4, 0.5) is 0 Å². The Kier molecular flexibility index (Phi) is 2.50. The van der Waals surface area contributed by atoms with Crippen LogP contribution in [0.5, 0.6) is 11.5 Å². The smallest absolute Gasteiger partial charge is 0.129 e. The highest BCUT2D eigenvalue weighted by Gasteiger charge is 2.04. The number of phenolic OH excluding ortho intramolecular Hbond substituents is 1. The lowest BCUT2D eigenvalue weighted by molar-refractivity contribution is 0.415. The van der Waals surface area contributed by atoms with Gasteiger partial charge in [0.1, 0.15) is 11.5 Å². The average Bonchev–Trinajstić information content (AvgIpc) is 2.23. The lowest BCUT2D eigenvalue weighted by atomic mass is 10.1. The van der Waals surface area contributed by atoms with E-state index in [-0.39, 0.29) is 0 Å². The second-order valence-electron chi connectivity index (χ2n) is 2.99. The third-order valence-corrected chi connectivity index (χ3v) is 3.27. The Balaban J connectivity index is 2.74. The minimum absolute atomic E-state index is 0.322. The first-order chi connectivity index (χ1) is 6.72. The summed E-state index contributed by atoms with van der Waals surface area (Å²) >= 11 is 2.14. The molecule has 2 rings (SSSR count). The highest BCUT2D eigenvalue weighted by molar-refractivity contribution is 14.1. The summed E-state index contributed by atoms with van der Waals surface area (Å²) in [7, 11) is 1.65. The van der Waals surface area contributed by atoms with Gasteiger partial charge in [0, 0.05) is 0 Å². The van der Waals surface area contributed by atoms with Crippen LogP contribution < -0.4 is 4.74 Å². The first-order valence-electron chi connectivity index (χ1n) is 4.17. The molecule has 0 amide bonds. The second-order valence-corrected chi connectivity index (χ2v) is 4.06. The number of hydrogen-bond donors (Lipinski definition) is 1. The number of methoxy groups -OCH3 is 1. The molecule has 2 aromatic carbocycles. The van der Waals surface area contributed by atoms with Crippen molar-refractivity contribution in [2.75, 3.05) is 7.11 Å². The fourth-order valence-corrected chi connectivity index (χ4v) is 2.06. The van der Waals surface area contributed by atoms with E-state index in [1.54, 1.807) is 13.2 Å². The molecule has 2 nitrogen and oxygen atoms in total. The SMILES string of the molecule is COc1ccc2c(I)c(O)ccc2c1. The van der Waals surface area contributed by atoms with Crippen molar-refractivity contribution in [3.05, 3.63) is 33.9 Å². The molecule has 0 unspecified atom stereocenters. The molecule has 3 heteroatoms. The van der Waals surface area contributed by atoms with Crippen LogP contribution in [0, 0.1) is 3.57 Å². The van der Waals surface area contributed by atoms with Gasteiger partial charge in [-0.15, -0.1) is 0 Å². The van der Waals surface area contributed by atoms with Gasteiger partial charge in [-0.3, -0.25) is 0 Å². The molecule has 2 aromatic rings. The molecule has 0 heterocycles. The number of halogens is 1. The van der Waals surface area contributed by atoms with E-state index in [0.717, 1.165) is 20.1 Å². The zero-order valence-corrected chi connectivity index (χ0v) is 9.78. The summed E-state index contributed by atoms with van der Waals surface area (Å²) in [6.07, 6.45) is 0. The predicted octanol–water partition coefficient (Wildman–Crippen LogP) is 3.16. The lowest BCUT2D eigenvalue weighted by Crippen LogP contribution is -1.84. The van der Waals surface area contributed by atoms with Crippen LogP contribution in [0.2, 0.25) is 0 Å². The normalized spacial score (nSPS) is 10.4. The molecule has 0 fully saturated rings. The highest BCUT2D eigenvalue weighted by Crippen LogP contribution is 2.30. The number of phenols is 1. The molecule has 14 heavy (non-hydrogen) atoms. The van der Waals surface area contributed by atoms with E-state index in [9.17, 15) is 5.11 Å². The third-order valence-electron chi connectivity index (χ3n) is 2.14. The van der Waals surface area contributed by atoms with Crippen molar-refractivity contribution in [3.63, 3.8) is 0 Å². The fraction of sp³-hybridized carbons (Fsp3) is 0.0909. The van der Waals surface area contributed by atoms with Crippen LogP contribution in [-0.2, 0) is 0 Å². The van der Waals surface area contributed by atoms with Gasteiger partial charge in [0.2, 0.25) is 0 Å². The van der Waals surface area contributed by atoms with Crippen molar-refractivity contribution in [1.82, 2.24) is 0 Å². The van der Waals surface area contributed by atoms with Crippen molar-refractivity contribution in [2.45, 2.75) is 0 Å². The van der Waals surface area contributed by atoms with Gasteiger partial charge in [-0.2, -0.15) is 0 Å². The average molecular weight is 300 g/mol. The predicted molar refractivity (Wildman–Crippen MR) is 64.9 cm³/mol. The van der Waals surface area contributed by atoms with Gasteiger partial charge in [0.15, 0.2) is 0 Å². The van der Waals surface area contributed by atoms with Crippen molar-refractivity contribution in [2.24, 2.45) is 0 Å². The minimum Gasteiger partial charge on any atom is -0.507 e. The lowest BCUT2D eigenvalue weighted by Gasteiger charge is -2.05. The van der Waals surface area contributed by atoms with Gasteiger partial charge in [-0.05, 0) is 57.6 Å². The van der Waals surface area contributed by atoms with Crippen molar-refractivity contribution < 1.29 is 9.84 Å². The van der Waals surface area contributed by atoms with E-state index in [2.05, 4.69) is 22.6 Å². The molecule has 0 aliphatic rings. The first-order valence-corrected chi connectivity index (χ1v) is 5.25. The van der Waals surface area contributed by atoms with E-state index < -0.39 is 0 Å². The monoisotopic (exact) mass is 300 g/mol. The van der Waals surface area contributed by atoms with E-state index in [0.29, 0.717) is 5.75 Å². The summed E-state index contributed by atoms with van der Waals surface area (Å²) in [5.41, 5.74) is 0. The molecule has 0 bridgehead atoms. The third kappa shape index (κ3) is 1.52. The molecule has 0 aliphatic heterocycles. The topological polar surface area (TPSA) is 29.5 Å². The molecule has 0 radical (unpaired) electrons. The summed E-state index contributed by atoms with van der Waals surface area (Å²) in [5, 5.41) is 11.6. The molecule has 72 valence electrons. The molecular formula is C11H9IO2. The Labute approximate surface area is 95.6 Å². The Bertz CT molecular complexity index is 480. The van der Waals surface area contributed by atoms with Gasteiger partial charge in [0.25, 0.3) is 0 Å². The Morgan fingerprint density at radius 1 is 1.21 bits per heavy atom. The summed E-state index contributed by atoms with van der Waals surface area (Å²) < 4.78 is 6.00. The minimum atomic E-state index is 0.322. The van der Waals surface area contributed by atoms with E-state index in [4.69, 9.17) is 4.74 Å². The van der Waals surface area contributed by atoms with Crippen molar-refractivity contribution in [1.29, 1.82) is 0 Å². The largest absolute Gasteiger partial charge is 0.507 e. The van der Waals surface area contributed by atoms with Gasteiger partial charge < -0.3 is 9.84 Å². The van der Waals surface area contributed by atoms with Crippen LogP contribution >= 0.6 is 22.6 Å². The molecule has 0 aliphatic carbocycles. The molecule has 0 aromatic heterocycles. The number of rotatable bonds is 1. The van der Waals surface area contributed by atoms with Gasteiger partial charge >= 0.3 is 0 Å². The molecular weight excluding hydrogens is 291 g/mol. The van der Waals surface area contributed by atoms with Crippen molar-refractivity contribution >= 4 is 33.4 Å². The Morgan fingerprint density at radius 2 is 2.00 bits per heavy atom. The van der Waals surface area contributed by atoms with Gasteiger partial charge in [-0.1, -0.05) is 6.07 Å². The maximum Gasteiger partial charge on any atom is 0.129 e. The summed E-state index contributed by atoms with van der Waals surface area (Å²) in [5.74, 6) is 1.15. The van der Waals surface area contributed by atoms with Crippen LogP contribution in [0.15, 0.2) is 30.3 Å². The zero-order chi connectivity index (χ0) is 10.1. The first kappa shape index (κ1) is 9.58. The van der Waals surface area contributed by atoms with Gasteiger partial charge in [0.05, 0.1) is 10.7 Å².